The topological polar surface area (TPSA) is 12.0 Å². The molecule has 112 valence electrons. The van der Waals surface area contributed by atoms with E-state index >= 15 is 0 Å². The first kappa shape index (κ1) is 14.8. The van der Waals surface area contributed by atoms with Crippen LogP contribution in [0.4, 0.5) is 0 Å². The fourth-order valence-electron chi connectivity index (χ4n) is 3.01. The third-order valence-electron chi connectivity index (χ3n) is 4.37. The van der Waals surface area contributed by atoms with Crippen LogP contribution in [0.1, 0.15) is 60.7 Å². The van der Waals surface area contributed by atoms with E-state index in [1.165, 1.54) is 41.7 Å². The van der Waals surface area contributed by atoms with E-state index in [0.29, 0.717) is 12.1 Å². The van der Waals surface area contributed by atoms with Crippen LogP contribution >= 0.6 is 11.3 Å². The lowest BCUT2D eigenvalue weighted by molar-refractivity contribution is 0.395. The number of thiophene rings is 1. The largest absolute Gasteiger partial charge is 0.302 e. The molecule has 1 aliphatic rings. The lowest BCUT2D eigenvalue weighted by atomic mass is 9.98. The lowest BCUT2D eigenvalue weighted by Crippen LogP contribution is -2.27. The summed E-state index contributed by atoms with van der Waals surface area (Å²) in [6.45, 7) is 4.44. The van der Waals surface area contributed by atoms with Crippen LogP contribution in [0, 0.1) is 12.8 Å². The van der Waals surface area contributed by atoms with Gasteiger partial charge in [0.1, 0.15) is 0 Å². The van der Waals surface area contributed by atoms with Gasteiger partial charge in [0.25, 0.3) is 0 Å². The van der Waals surface area contributed by atoms with Crippen LogP contribution in [0.5, 0.6) is 0 Å². The average Bonchev–Trinajstić information content (AvgIpc) is 3.18. The van der Waals surface area contributed by atoms with Gasteiger partial charge in [0.15, 0.2) is 0 Å². The molecule has 1 nitrogen and oxygen atoms in total. The maximum atomic E-state index is 3.97. The van der Waals surface area contributed by atoms with Crippen molar-refractivity contribution in [2.75, 3.05) is 0 Å². The molecule has 1 aromatic heterocycles. The third kappa shape index (κ3) is 3.75. The normalized spacial score (nSPS) is 17.6. The van der Waals surface area contributed by atoms with Crippen molar-refractivity contribution in [2.45, 2.75) is 51.6 Å². The van der Waals surface area contributed by atoms with Gasteiger partial charge in [-0.05, 0) is 49.1 Å². The van der Waals surface area contributed by atoms with Gasteiger partial charge in [-0.2, -0.15) is 0 Å². The summed E-state index contributed by atoms with van der Waals surface area (Å²) in [4.78, 5) is 1.48. The van der Waals surface area contributed by atoms with Crippen LogP contribution < -0.4 is 5.32 Å². The second-order valence-corrected chi connectivity index (χ2v) is 7.23. The predicted octanol–water partition coefficient (Wildman–Crippen LogP) is 5.64. The molecule has 1 heterocycles. The summed E-state index contributed by atoms with van der Waals surface area (Å²) in [5.41, 5.74) is 2.80. The lowest BCUT2D eigenvalue weighted by Gasteiger charge is -2.26. The average molecular weight is 299 g/mol. The summed E-state index contributed by atoms with van der Waals surface area (Å²) in [6.07, 6.45) is 5.18. The number of aryl methyl sites for hydroxylation is 1. The van der Waals surface area contributed by atoms with Crippen molar-refractivity contribution >= 4 is 11.3 Å². The van der Waals surface area contributed by atoms with E-state index in [4.69, 9.17) is 0 Å². The molecule has 3 rings (SSSR count). The van der Waals surface area contributed by atoms with Crippen molar-refractivity contribution in [1.29, 1.82) is 0 Å². The molecule has 0 spiro atoms. The Bertz CT molecular complexity index is 539. The van der Waals surface area contributed by atoms with Crippen molar-refractivity contribution in [2.24, 2.45) is 5.92 Å². The molecule has 0 aliphatic heterocycles. The van der Waals surface area contributed by atoms with Crippen molar-refractivity contribution in [3.63, 3.8) is 0 Å². The van der Waals surface area contributed by atoms with Crippen LogP contribution in [0.3, 0.4) is 0 Å². The zero-order valence-electron chi connectivity index (χ0n) is 13.0. The minimum absolute atomic E-state index is 0.502. The molecule has 2 aromatic rings. The van der Waals surface area contributed by atoms with Crippen molar-refractivity contribution < 1.29 is 0 Å². The van der Waals surface area contributed by atoms with Crippen LogP contribution in [-0.2, 0) is 0 Å². The summed E-state index contributed by atoms with van der Waals surface area (Å²) in [5.74, 6) is 0.826. The van der Waals surface area contributed by atoms with Gasteiger partial charge in [-0.3, -0.25) is 0 Å². The van der Waals surface area contributed by atoms with Crippen molar-refractivity contribution in [3.8, 4) is 0 Å². The number of hydrogen-bond acceptors (Lipinski definition) is 2. The van der Waals surface area contributed by atoms with Crippen molar-refractivity contribution in [1.82, 2.24) is 5.32 Å². The Hall–Kier alpha value is -1.12. The first-order chi connectivity index (χ1) is 10.3. The molecule has 2 heteroatoms. The molecular weight excluding hydrogens is 274 g/mol. The van der Waals surface area contributed by atoms with Crippen molar-refractivity contribution in [3.05, 3.63) is 57.8 Å². The summed E-state index contributed by atoms with van der Waals surface area (Å²) >= 11 is 1.88. The Morgan fingerprint density at radius 2 is 1.95 bits per heavy atom. The van der Waals surface area contributed by atoms with Crippen LogP contribution in [0.25, 0.3) is 0 Å². The Kier molecular flexibility index (Phi) is 4.77. The van der Waals surface area contributed by atoms with Gasteiger partial charge in [-0.15, -0.1) is 11.3 Å². The van der Waals surface area contributed by atoms with Crippen LogP contribution in [0.15, 0.2) is 41.8 Å². The van der Waals surface area contributed by atoms with Gasteiger partial charge in [0, 0.05) is 17.0 Å². The molecule has 2 atom stereocenters. The van der Waals surface area contributed by atoms with Gasteiger partial charge >= 0.3 is 0 Å². The summed E-state index contributed by atoms with van der Waals surface area (Å²) in [7, 11) is 0. The SMILES string of the molecule is CCCC(NC(c1ccc(C)cc1)C1CC1)c1cccs1. The molecule has 1 aromatic carbocycles. The highest BCUT2D eigenvalue weighted by Crippen LogP contribution is 2.43. The van der Waals surface area contributed by atoms with E-state index in [9.17, 15) is 0 Å². The van der Waals surface area contributed by atoms with E-state index in [2.05, 4.69) is 60.9 Å². The van der Waals surface area contributed by atoms with Crippen LogP contribution in [0.2, 0.25) is 0 Å². The van der Waals surface area contributed by atoms with Gasteiger partial charge in [-0.25, -0.2) is 0 Å². The zero-order valence-corrected chi connectivity index (χ0v) is 13.8. The van der Waals surface area contributed by atoms with Crippen LogP contribution in [-0.4, -0.2) is 0 Å². The smallest absolute Gasteiger partial charge is 0.0419 e. The highest BCUT2D eigenvalue weighted by molar-refractivity contribution is 7.10. The Labute approximate surface area is 132 Å². The second-order valence-electron chi connectivity index (χ2n) is 6.25. The number of benzene rings is 1. The molecule has 1 fully saturated rings. The van der Waals surface area contributed by atoms with E-state index < -0.39 is 0 Å². The van der Waals surface area contributed by atoms with E-state index in [1.807, 2.05) is 11.3 Å². The first-order valence-electron chi connectivity index (χ1n) is 8.14. The molecule has 0 amide bonds. The third-order valence-corrected chi connectivity index (χ3v) is 5.36. The van der Waals surface area contributed by atoms with Gasteiger partial charge in [0.05, 0.1) is 0 Å². The van der Waals surface area contributed by atoms with E-state index in [0.717, 1.165) is 5.92 Å². The van der Waals surface area contributed by atoms with E-state index in [-0.39, 0.29) is 0 Å². The summed E-state index contributed by atoms with van der Waals surface area (Å²) in [5, 5.41) is 6.16. The van der Waals surface area contributed by atoms with Gasteiger partial charge in [-0.1, -0.05) is 49.2 Å². The Balaban J connectivity index is 1.78. The standard InChI is InChI=1S/C19H25NS/c1-3-5-17(18-6-4-13-21-18)20-19(16-11-12-16)15-9-7-14(2)8-10-15/h4,6-10,13,16-17,19-20H,3,5,11-12H2,1-2H3. The maximum Gasteiger partial charge on any atom is 0.0419 e. The number of nitrogens with one attached hydrogen (secondary N) is 1. The minimum atomic E-state index is 0.502. The fourth-order valence-corrected chi connectivity index (χ4v) is 3.83. The minimum Gasteiger partial charge on any atom is -0.302 e. The number of hydrogen-bond donors (Lipinski definition) is 1. The molecule has 1 saturated carbocycles. The number of rotatable bonds is 7. The molecule has 0 saturated heterocycles. The fraction of sp³-hybridized carbons (Fsp3) is 0.474. The summed E-state index contributed by atoms with van der Waals surface area (Å²) in [6, 6.07) is 14.6. The zero-order chi connectivity index (χ0) is 14.7. The Morgan fingerprint density at radius 1 is 1.19 bits per heavy atom. The molecule has 0 bridgehead atoms. The maximum absolute atomic E-state index is 3.97. The monoisotopic (exact) mass is 299 g/mol. The first-order valence-corrected chi connectivity index (χ1v) is 9.02. The molecular formula is C19H25NS. The second kappa shape index (κ2) is 6.76. The van der Waals surface area contributed by atoms with Gasteiger partial charge in [0.2, 0.25) is 0 Å². The highest BCUT2D eigenvalue weighted by atomic mass is 32.1. The predicted molar refractivity (Wildman–Crippen MR) is 91.7 cm³/mol. The molecule has 0 radical (unpaired) electrons. The molecule has 21 heavy (non-hydrogen) atoms. The molecule has 1 aliphatic carbocycles. The summed E-state index contributed by atoms with van der Waals surface area (Å²) < 4.78 is 0. The van der Waals surface area contributed by atoms with E-state index in [1.54, 1.807) is 0 Å². The quantitative estimate of drug-likeness (QED) is 0.697. The Morgan fingerprint density at radius 3 is 2.52 bits per heavy atom. The van der Waals surface area contributed by atoms with Gasteiger partial charge < -0.3 is 5.32 Å². The molecule has 1 N–H and O–H groups in total. The highest BCUT2D eigenvalue weighted by Gasteiger charge is 2.33. The molecule has 2 unspecified atom stereocenters.